The molecule has 0 spiro atoms. The maximum absolute atomic E-state index is 11.1. The van der Waals surface area contributed by atoms with Gasteiger partial charge in [0.1, 0.15) is 5.56 Å². The van der Waals surface area contributed by atoms with Crippen LogP contribution in [0.5, 0.6) is 0 Å². The van der Waals surface area contributed by atoms with Gasteiger partial charge in [-0.15, -0.1) is 0 Å². The van der Waals surface area contributed by atoms with Gasteiger partial charge >= 0.3 is 5.97 Å². The molecule has 0 saturated heterocycles. The van der Waals surface area contributed by atoms with Crippen molar-refractivity contribution in [1.29, 1.82) is 0 Å². The van der Waals surface area contributed by atoms with Gasteiger partial charge in [0.2, 0.25) is 0 Å². The lowest BCUT2D eigenvalue weighted by Crippen LogP contribution is -2.04. The summed E-state index contributed by atoms with van der Waals surface area (Å²) < 4.78 is 1.84. The zero-order valence-electron chi connectivity index (χ0n) is 12.4. The summed E-state index contributed by atoms with van der Waals surface area (Å²) >= 11 is 0. The van der Waals surface area contributed by atoms with Gasteiger partial charge in [-0.2, -0.15) is 5.10 Å². The van der Waals surface area contributed by atoms with Crippen molar-refractivity contribution in [1.82, 2.24) is 9.78 Å². The molecule has 0 amide bonds. The molecule has 0 atom stereocenters. The molecule has 1 N–H and O–H groups in total. The van der Waals surface area contributed by atoms with Crippen LogP contribution in [0.15, 0.2) is 0 Å². The summed E-state index contributed by atoms with van der Waals surface area (Å²) in [7, 11) is 0. The van der Waals surface area contributed by atoms with Crippen LogP contribution in [0, 0.1) is 13.8 Å². The van der Waals surface area contributed by atoms with Gasteiger partial charge in [0.15, 0.2) is 0 Å². The molecule has 0 saturated carbocycles. The minimum atomic E-state index is -0.874. The van der Waals surface area contributed by atoms with Crippen LogP contribution in [0.2, 0.25) is 0 Å². The Morgan fingerprint density at radius 1 is 1.11 bits per heavy atom. The van der Waals surface area contributed by atoms with Crippen LogP contribution in [0.25, 0.3) is 0 Å². The van der Waals surface area contributed by atoms with Gasteiger partial charge < -0.3 is 5.11 Å². The fraction of sp³-hybridized carbons (Fsp3) is 0.733. The Morgan fingerprint density at radius 2 is 1.68 bits per heavy atom. The number of aromatic nitrogens is 2. The third-order valence-electron chi connectivity index (χ3n) is 3.57. The van der Waals surface area contributed by atoms with Crippen molar-refractivity contribution >= 4 is 5.97 Å². The normalized spacial score (nSPS) is 10.9. The van der Waals surface area contributed by atoms with Gasteiger partial charge in [-0.1, -0.05) is 45.4 Å². The first kappa shape index (κ1) is 15.7. The van der Waals surface area contributed by atoms with E-state index in [-0.39, 0.29) is 0 Å². The third-order valence-corrected chi connectivity index (χ3v) is 3.57. The van der Waals surface area contributed by atoms with Gasteiger partial charge in [0.25, 0.3) is 0 Å². The second kappa shape index (κ2) is 7.97. The molecule has 4 nitrogen and oxygen atoms in total. The molecule has 0 radical (unpaired) electrons. The zero-order chi connectivity index (χ0) is 14.3. The minimum Gasteiger partial charge on any atom is -0.478 e. The van der Waals surface area contributed by atoms with Crippen molar-refractivity contribution in [2.45, 2.75) is 72.3 Å². The zero-order valence-corrected chi connectivity index (χ0v) is 12.4. The largest absolute Gasteiger partial charge is 0.478 e. The first-order valence-corrected chi connectivity index (χ1v) is 7.35. The molecule has 0 aliphatic carbocycles. The van der Waals surface area contributed by atoms with Crippen molar-refractivity contribution in [2.24, 2.45) is 0 Å². The van der Waals surface area contributed by atoms with E-state index in [2.05, 4.69) is 12.0 Å². The number of unbranched alkanes of at least 4 members (excludes halogenated alkanes) is 6. The summed E-state index contributed by atoms with van der Waals surface area (Å²) in [5, 5.41) is 13.4. The van der Waals surface area contributed by atoms with Crippen LogP contribution in [0.4, 0.5) is 0 Å². The molecule has 0 aliphatic rings. The molecule has 0 aromatic carbocycles. The van der Waals surface area contributed by atoms with Crippen molar-refractivity contribution in [3.05, 3.63) is 17.0 Å². The molecule has 1 aromatic rings. The fourth-order valence-corrected chi connectivity index (χ4v) is 2.44. The molecule has 19 heavy (non-hydrogen) atoms. The van der Waals surface area contributed by atoms with E-state index in [1.807, 2.05) is 11.6 Å². The topological polar surface area (TPSA) is 55.1 Å². The average Bonchev–Trinajstić information content (AvgIpc) is 2.63. The molecular weight excluding hydrogens is 240 g/mol. The molecule has 4 heteroatoms. The predicted molar refractivity (Wildman–Crippen MR) is 76.7 cm³/mol. The Kier molecular flexibility index (Phi) is 6.60. The van der Waals surface area contributed by atoms with E-state index in [4.69, 9.17) is 5.11 Å². The van der Waals surface area contributed by atoms with Crippen LogP contribution < -0.4 is 0 Å². The summed E-state index contributed by atoms with van der Waals surface area (Å²) in [6.07, 6.45) is 8.80. The van der Waals surface area contributed by atoms with Crippen molar-refractivity contribution in [3.8, 4) is 0 Å². The quantitative estimate of drug-likeness (QED) is 0.688. The van der Waals surface area contributed by atoms with Gasteiger partial charge in [0.05, 0.1) is 11.4 Å². The number of hydrogen-bond acceptors (Lipinski definition) is 2. The van der Waals surface area contributed by atoms with E-state index in [1.54, 1.807) is 6.92 Å². The van der Waals surface area contributed by atoms with Crippen LogP contribution in [-0.4, -0.2) is 20.9 Å². The monoisotopic (exact) mass is 266 g/mol. The molecule has 0 bridgehead atoms. The molecule has 0 fully saturated rings. The second-order valence-corrected chi connectivity index (χ2v) is 5.20. The molecule has 1 rings (SSSR count). The van der Waals surface area contributed by atoms with E-state index < -0.39 is 5.97 Å². The van der Waals surface area contributed by atoms with Crippen LogP contribution in [-0.2, 0) is 6.54 Å². The van der Waals surface area contributed by atoms with E-state index in [1.165, 1.54) is 38.5 Å². The Bertz CT molecular complexity index is 411. The van der Waals surface area contributed by atoms with Crippen LogP contribution in [0.1, 0.15) is 73.6 Å². The van der Waals surface area contributed by atoms with Crippen molar-refractivity contribution in [3.63, 3.8) is 0 Å². The lowest BCUT2D eigenvalue weighted by atomic mass is 10.1. The van der Waals surface area contributed by atoms with Crippen LogP contribution in [0.3, 0.4) is 0 Å². The maximum Gasteiger partial charge on any atom is 0.339 e. The molecular formula is C15H26N2O2. The maximum atomic E-state index is 11.1. The second-order valence-electron chi connectivity index (χ2n) is 5.20. The number of aromatic carboxylic acids is 1. The summed E-state index contributed by atoms with van der Waals surface area (Å²) in [6, 6.07) is 0. The van der Waals surface area contributed by atoms with E-state index in [0.717, 1.165) is 18.7 Å². The van der Waals surface area contributed by atoms with E-state index in [9.17, 15) is 4.79 Å². The number of carbonyl (C=O) groups is 1. The predicted octanol–water partition coefficient (Wildman–Crippen LogP) is 3.95. The Morgan fingerprint density at radius 3 is 2.21 bits per heavy atom. The summed E-state index contributed by atoms with van der Waals surface area (Å²) in [4.78, 5) is 11.1. The van der Waals surface area contributed by atoms with Gasteiger partial charge in [0, 0.05) is 6.54 Å². The lowest BCUT2D eigenvalue weighted by Gasteiger charge is -2.04. The highest BCUT2D eigenvalue weighted by atomic mass is 16.4. The molecule has 0 unspecified atom stereocenters. The first-order valence-electron chi connectivity index (χ1n) is 7.35. The number of rotatable bonds is 9. The number of aryl methyl sites for hydroxylation is 2. The fourth-order valence-electron chi connectivity index (χ4n) is 2.44. The summed E-state index contributed by atoms with van der Waals surface area (Å²) in [6.45, 7) is 6.65. The van der Waals surface area contributed by atoms with E-state index in [0.29, 0.717) is 11.3 Å². The minimum absolute atomic E-state index is 0.364. The van der Waals surface area contributed by atoms with Crippen molar-refractivity contribution < 1.29 is 9.90 Å². The summed E-state index contributed by atoms with van der Waals surface area (Å²) in [5.41, 5.74) is 1.76. The lowest BCUT2D eigenvalue weighted by molar-refractivity contribution is 0.0695. The number of nitrogens with zero attached hydrogens (tertiary/aromatic N) is 2. The molecule has 1 aromatic heterocycles. The Labute approximate surface area is 115 Å². The Hall–Kier alpha value is -1.32. The molecule has 0 aliphatic heterocycles. The van der Waals surface area contributed by atoms with Gasteiger partial charge in [-0.05, 0) is 20.3 Å². The van der Waals surface area contributed by atoms with Crippen LogP contribution >= 0.6 is 0 Å². The highest BCUT2D eigenvalue weighted by Crippen LogP contribution is 2.14. The molecule has 108 valence electrons. The average molecular weight is 266 g/mol. The Balaban J connectivity index is 2.34. The smallest absolute Gasteiger partial charge is 0.339 e. The standard InChI is InChI=1S/C15H26N2O2/c1-4-5-6-7-8-9-10-11-17-13(3)14(15(18)19)12(2)16-17/h4-11H2,1-3H3,(H,18,19). The molecule has 1 heterocycles. The first-order chi connectivity index (χ1) is 9.07. The SMILES string of the molecule is CCCCCCCCCn1nc(C)c(C(=O)O)c1C. The highest BCUT2D eigenvalue weighted by molar-refractivity contribution is 5.90. The highest BCUT2D eigenvalue weighted by Gasteiger charge is 2.16. The third kappa shape index (κ3) is 4.69. The summed E-state index contributed by atoms with van der Waals surface area (Å²) in [5.74, 6) is -0.874. The van der Waals surface area contributed by atoms with Gasteiger partial charge in [-0.25, -0.2) is 4.79 Å². The van der Waals surface area contributed by atoms with E-state index >= 15 is 0 Å². The number of carboxylic acid groups (broad SMARTS) is 1. The number of hydrogen-bond donors (Lipinski definition) is 1. The number of carboxylic acids is 1. The van der Waals surface area contributed by atoms with Crippen molar-refractivity contribution in [2.75, 3.05) is 0 Å². The van der Waals surface area contributed by atoms with Gasteiger partial charge in [-0.3, -0.25) is 4.68 Å².